The number of benzene rings is 2. The van der Waals surface area contributed by atoms with Gasteiger partial charge in [-0.2, -0.15) is 0 Å². The molecule has 3 fully saturated rings. The summed E-state index contributed by atoms with van der Waals surface area (Å²) in [6, 6.07) is 6.11. The summed E-state index contributed by atoms with van der Waals surface area (Å²) in [5, 5.41) is -0.586. The number of hydrogen-bond donors (Lipinski definition) is 1. The normalized spacial score (nSPS) is 21.1. The predicted octanol–water partition coefficient (Wildman–Crippen LogP) is 4.25. The molecule has 0 aromatic heterocycles. The third-order valence-electron chi connectivity index (χ3n) is 6.72. The molecule has 2 aliphatic carbocycles. The molecule has 1 saturated heterocycles. The van der Waals surface area contributed by atoms with Gasteiger partial charge in [0.15, 0.2) is 0 Å². The van der Waals surface area contributed by atoms with E-state index in [1.165, 1.54) is 24.3 Å². The number of nitrogens with zero attached hydrogens (tertiary/aromatic N) is 1. The Hall–Kier alpha value is -2.59. The molecule has 2 saturated carbocycles. The summed E-state index contributed by atoms with van der Waals surface area (Å²) in [7, 11) is -3.79. The van der Waals surface area contributed by atoms with E-state index in [-0.39, 0.29) is 17.6 Å². The molecule has 0 spiro atoms. The topological polar surface area (TPSA) is 75.7 Å². The van der Waals surface area contributed by atoms with Crippen LogP contribution < -0.4 is 9.46 Å². The van der Waals surface area contributed by atoms with Gasteiger partial charge < -0.3 is 4.74 Å². The van der Waals surface area contributed by atoms with Crippen molar-refractivity contribution in [3.63, 3.8) is 0 Å². The number of amides is 1. The lowest BCUT2D eigenvalue weighted by molar-refractivity contribution is 0.0826. The minimum atomic E-state index is -3.79. The minimum Gasteiger partial charge on any atom is -0.489 e. The lowest BCUT2D eigenvalue weighted by Gasteiger charge is -2.33. The van der Waals surface area contributed by atoms with Gasteiger partial charge in [-0.1, -0.05) is 6.07 Å². The monoisotopic (exact) mass is 508 g/mol. The predicted molar refractivity (Wildman–Crippen MR) is 123 cm³/mol. The Balaban J connectivity index is 1.30. The van der Waals surface area contributed by atoms with E-state index < -0.39 is 38.6 Å². The second-order valence-corrected chi connectivity index (χ2v) is 11.6. The fraction of sp³-hybridized carbons (Fsp3) is 0.480. The molecular formula is C25H27F3N2O4S. The molecule has 0 radical (unpaired) electrons. The van der Waals surface area contributed by atoms with Gasteiger partial charge >= 0.3 is 0 Å². The van der Waals surface area contributed by atoms with Gasteiger partial charge in [-0.05, 0) is 68.7 Å². The summed E-state index contributed by atoms with van der Waals surface area (Å²) in [6.07, 6.45) is 4.02. The number of carbonyl (C=O) groups is 1. The number of ether oxygens (including phenoxy) is 1. The summed E-state index contributed by atoms with van der Waals surface area (Å²) in [5.74, 6) is -2.54. The van der Waals surface area contributed by atoms with Gasteiger partial charge in [-0.15, -0.1) is 0 Å². The zero-order valence-electron chi connectivity index (χ0n) is 19.1. The van der Waals surface area contributed by atoms with Crippen molar-refractivity contribution in [1.29, 1.82) is 0 Å². The average Bonchev–Trinajstić information content (AvgIpc) is 3.68. The van der Waals surface area contributed by atoms with Crippen molar-refractivity contribution in [2.24, 2.45) is 0 Å². The van der Waals surface area contributed by atoms with Crippen LogP contribution in [0.15, 0.2) is 30.3 Å². The molecule has 1 unspecified atom stereocenters. The smallest absolute Gasteiger partial charge is 0.267 e. The summed E-state index contributed by atoms with van der Waals surface area (Å²) >= 11 is 0. The van der Waals surface area contributed by atoms with Crippen LogP contribution in [0.5, 0.6) is 5.75 Å². The number of piperidine rings is 1. The van der Waals surface area contributed by atoms with Gasteiger partial charge in [0.05, 0.1) is 10.8 Å². The first kappa shape index (κ1) is 24.1. The van der Waals surface area contributed by atoms with Crippen LogP contribution in [0.25, 0.3) is 0 Å². The van der Waals surface area contributed by atoms with Gasteiger partial charge in [0, 0.05) is 30.8 Å². The average molecular weight is 509 g/mol. The molecule has 5 rings (SSSR count). The highest BCUT2D eigenvalue weighted by Crippen LogP contribution is 2.45. The van der Waals surface area contributed by atoms with Crippen molar-refractivity contribution in [3.05, 3.63) is 64.5 Å². The molecule has 188 valence electrons. The third kappa shape index (κ3) is 5.64. The number of sulfonamides is 1. The van der Waals surface area contributed by atoms with E-state index in [9.17, 15) is 26.4 Å². The first-order valence-electron chi connectivity index (χ1n) is 11.9. The zero-order valence-corrected chi connectivity index (χ0v) is 19.9. The van der Waals surface area contributed by atoms with Gasteiger partial charge in [-0.25, -0.2) is 26.3 Å². The van der Waals surface area contributed by atoms with Crippen LogP contribution >= 0.6 is 0 Å². The van der Waals surface area contributed by atoms with Gasteiger partial charge in [0.25, 0.3) is 5.91 Å². The SMILES string of the molecule is O=C(NS(=O)(=O)C1CC1)c1cc(C2CC2)c(OC2CCCN(Cc3ccc(F)cc3F)C2)cc1F. The number of rotatable bonds is 8. The van der Waals surface area contributed by atoms with E-state index in [1.54, 1.807) is 0 Å². The van der Waals surface area contributed by atoms with Crippen molar-refractivity contribution in [2.45, 2.75) is 62.3 Å². The van der Waals surface area contributed by atoms with Crippen molar-refractivity contribution in [1.82, 2.24) is 9.62 Å². The highest BCUT2D eigenvalue weighted by Gasteiger charge is 2.38. The van der Waals surface area contributed by atoms with Crippen LogP contribution in [0.2, 0.25) is 0 Å². The quantitative estimate of drug-likeness (QED) is 0.577. The van der Waals surface area contributed by atoms with E-state index in [0.29, 0.717) is 42.8 Å². The lowest BCUT2D eigenvalue weighted by atomic mass is 10.0. The highest BCUT2D eigenvalue weighted by molar-refractivity contribution is 7.91. The van der Waals surface area contributed by atoms with Crippen molar-refractivity contribution in [3.8, 4) is 5.75 Å². The molecule has 2 aromatic carbocycles. The van der Waals surface area contributed by atoms with Crippen LogP contribution in [-0.4, -0.2) is 43.7 Å². The van der Waals surface area contributed by atoms with Crippen molar-refractivity contribution in [2.75, 3.05) is 13.1 Å². The summed E-state index contributed by atoms with van der Waals surface area (Å²) in [4.78, 5) is 14.6. The van der Waals surface area contributed by atoms with Crippen LogP contribution in [-0.2, 0) is 16.6 Å². The van der Waals surface area contributed by atoms with E-state index in [4.69, 9.17) is 4.74 Å². The first-order chi connectivity index (χ1) is 16.7. The highest BCUT2D eigenvalue weighted by atomic mass is 32.2. The summed E-state index contributed by atoms with van der Waals surface area (Å²) in [5.41, 5.74) is 0.788. The number of hydrogen-bond acceptors (Lipinski definition) is 5. The Kier molecular flexibility index (Phi) is 6.52. The summed E-state index contributed by atoms with van der Waals surface area (Å²) in [6.45, 7) is 1.53. The molecule has 1 aliphatic heterocycles. The Morgan fingerprint density at radius 2 is 1.80 bits per heavy atom. The van der Waals surface area contributed by atoms with Crippen molar-refractivity contribution < 1.29 is 31.1 Å². The molecular weight excluding hydrogens is 481 g/mol. The molecule has 2 aromatic rings. The standard InChI is InChI=1S/C25H27F3N2O4S/c26-17-6-5-16(22(27)10-17)13-30-9-1-2-18(14-30)34-24-12-23(28)21(11-20(24)15-3-4-15)25(31)29-35(32,33)19-7-8-19/h5-6,10-12,15,18-19H,1-4,7-9,13-14H2,(H,29,31). The maximum Gasteiger partial charge on any atom is 0.267 e. The second-order valence-electron chi connectivity index (χ2n) is 9.67. The van der Waals surface area contributed by atoms with Crippen LogP contribution in [0.1, 0.15) is 65.9 Å². The Morgan fingerprint density at radius 1 is 1.03 bits per heavy atom. The van der Waals surface area contributed by atoms with E-state index in [1.807, 2.05) is 9.62 Å². The molecule has 0 bridgehead atoms. The van der Waals surface area contributed by atoms with Gasteiger partial charge in [-0.3, -0.25) is 9.69 Å². The zero-order chi connectivity index (χ0) is 24.7. The molecule has 35 heavy (non-hydrogen) atoms. The Bertz CT molecular complexity index is 1250. The Morgan fingerprint density at radius 3 is 2.49 bits per heavy atom. The fourth-order valence-electron chi connectivity index (χ4n) is 4.53. The molecule has 10 heteroatoms. The number of carbonyl (C=O) groups excluding carboxylic acids is 1. The van der Waals surface area contributed by atoms with E-state index >= 15 is 0 Å². The third-order valence-corrected chi connectivity index (χ3v) is 8.54. The van der Waals surface area contributed by atoms with E-state index in [2.05, 4.69) is 0 Å². The molecule has 3 aliphatic rings. The van der Waals surface area contributed by atoms with Gasteiger partial charge in [0.1, 0.15) is 29.3 Å². The fourth-order valence-corrected chi connectivity index (χ4v) is 5.82. The van der Waals surface area contributed by atoms with Crippen LogP contribution in [0, 0.1) is 17.5 Å². The molecule has 1 N–H and O–H groups in total. The second kappa shape index (κ2) is 9.46. The van der Waals surface area contributed by atoms with Crippen LogP contribution in [0.3, 0.4) is 0 Å². The number of nitrogens with one attached hydrogen (secondary N) is 1. The van der Waals surface area contributed by atoms with Crippen molar-refractivity contribution >= 4 is 15.9 Å². The molecule has 1 atom stereocenters. The van der Waals surface area contributed by atoms with Gasteiger partial charge in [0.2, 0.25) is 10.0 Å². The number of halogens is 3. The molecule has 6 nitrogen and oxygen atoms in total. The minimum absolute atomic E-state index is 0.130. The lowest BCUT2D eigenvalue weighted by Crippen LogP contribution is -2.41. The largest absolute Gasteiger partial charge is 0.489 e. The summed E-state index contributed by atoms with van der Waals surface area (Å²) < 4.78 is 74.6. The number of likely N-dealkylation sites (tertiary alicyclic amines) is 1. The van der Waals surface area contributed by atoms with E-state index in [0.717, 1.165) is 38.3 Å². The maximum absolute atomic E-state index is 14.9. The molecule has 1 amide bonds. The Labute approximate surface area is 202 Å². The van der Waals surface area contributed by atoms with Crippen LogP contribution in [0.4, 0.5) is 13.2 Å². The first-order valence-corrected chi connectivity index (χ1v) is 13.5. The molecule has 1 heterocycles. The maximum atomic E-state index is 14.9.